The molecule has 0 unspecified atom stereocenters. The van der Waals surface area contributed by atoms with Gasteiger partial charge in [0, 0.05) is 5.56 Å². The zero-order valence-corrected chi connectivity index (χ0v) is 8.22. The normalized spacial score (nSPS) is 10.9. The lowest BCUT2D eigenvalue weighted by Crippen LogP contribution is -2.08. The lowest BCUT2D eigenvalue weighted by molar-refractivity contribution is 0.590. The topological polar surface area (TPSA) is 34.1 Å². The van der Waals surface area contributed by atoms with Gasteiger partial charge in [0.15, 0.2) is 9.84 Å². The Labute approximate surface area is 82.7 Å². The smallest absolute Gasteiger partial charge is 0.165 e. The van der Waals surface area contributed by atoms with E-state index >= 15 is 0 Å². The van der Waals surface area contributed by atoms with Gasteiger partial charge in [0.25, 0.3) is 0 Å². The Morgan fingerprint density at radius 2 is 2.00 bits per heavy atom. The van der Waals surface area contributed by atoms with Crippen LogP contribution in [-0.2, 0) is 15.6 Å². The molecule has 1 aromatic rings. The van der Waals surface area contributed by atoms with Gasteiger partial charge in [-0.15, -0.1) is 6.42 Å². The maximum absolute atomic E-state index is 13.0. The molecular formula is C10H9FO2S. The molecule has 0 amide bonds. The number of sulfone groups is 1. The minimum absolute atomic E-state index is 0.155. The number of terminal acetylenes is 1. The van der Waals surface area contributed by atoms with Crippen molar-refractivity contribution in [3.05, 3.63) is 35.6 Å². The Hall–Kier alpha value is -1.34. The van der Waals surface area contributed by atoms with Crippen LogP contribution in [0.15, 0.2) is 24.3 Å². The fourth-order valence-corrected chi connectivity index (χ4v) is 2.09. The molecule has 0 aliphatic rings. The van der Waals surface area contributed by atoms with E-state index in [1.54, 1.807) is 6.07 Å². The summed E-state index contributed by atoms with van der Waals surface area (Å²) in [6, 6.07) is 5.75. The molecule has 1 aromatic carbocycles. The summed E-state index contributed by atoms with van der Waals surface area (Å²) >= 11 is 0. The van der Waals surface area contributed by atoms with Crippen LogP contribution < -0.4 is 0 Å². The van der Waals surface area contributed by atoms with Crippen LogP contribution in [0.3, 0.4) is 0 Å². The summed E-state index contributed by atoms with van der Waals surface area (Å²) in [5.41, 5.74) is 0.155. The highest BCUT2D eigenvalue weighted by atomic mass is 32.2. The van der Waals surface area contributed by atoms with E-state index in [0.717, 1.165) is 0 Å². The van der Waals surface area contributed by atoms with Crippen LogP contribution >= 0.6 is 0 Å². The Morgan fingerprint density at radius 1 is 1.36 bits per heavy atom. The Kier molecular flexibility index (Phi) is 3.26. The van der Waals surface area contributed by atoms with E-state index < -0.39 is 15.7 Å². The summed E-state index contributed by atoms with van der Waals surface area (Å²) in [7, 11) is -3.38. The summed E-state index contributed by atoms with van der Waals surface area (Å²) in [5, 5.41) is 0. The Morgan fingerprint density at radius 3 is 2.57 bits per heavy atom. The van der Waals surface area contributed by atoms with Gasteiger partial charge in [-0.25, -0.2) is 12.8 Å². The van der Waals surface area contributed by atoms with Crippen molar-refractivity contribution in [2.24, 2.45) is 0 Å². The van der Waals surface area contributed by atoms with Gasteiger partial charge in [0.2, 0.25) is 0 Å². The number of rotatable bonds is 3. The number of hydrogen-bond acceptors (Lipinski definition) is 2. The first-order valence-corrected chi connectivity index (χ1v) is 5.74. The van der Waals surface area contributed by atoms with E-state index in [1.807, 2.05) is 5.92 Å². The zero-order valence-electron chi connectivity index (χ0n) is 7.40. The predicted molar refractivity (Wildman–Crippen MR) is 52.7 cm³/mol. The molecule has 0 atom stereocenters. The zero-order chi connectivity index (χ0) is 10.6. The van der Waals surface area contributed by atoms with Crippen LogP contribution in [0.25, 0.3) is 0 Å². The van der Waals surface area contributed by atoms with Gasteiger partial charge in [0.05, 0.1) is 5.75 Å². The molecule has 1 rings (SSSR count). The lowest BCUT2D eigenvalue weighted by Gasteiger charge is -2.01. The standard InChI is InChI=1S/C10H9FO2S/c1-2-7-14(12,13)8-9-5-3-4-6-10(9)11/h1,3-6H,7-8H2. The SMILES string of the molecule is C#CCS(=O)(=O)Cc1ccccc1F. The van der Waals surface area contributed by atoms with Crippen molar-refractivity contribution in [2.75, 3.05) is 5.75 Å². The second-order valence-electron chi connectivity index (χ2n) is 2.83. The van der Waals surface area contributed by atoms with Crippen LogP contribution in [0.1, 0.15) is 5.56 Å². The third-order valence-corrected chi connectivity index (χ3v) is 2.99. The summed E-state index contributed by atoms with van der Waals surface area (Å²) < 4.78 is 35.5. The number of hydrogen-bond donors (Lipinski definition) is 0. The molecule has 0 fully saturated rings. The molecule has 0 heterocycles. The highest BCUT2D eigenvalue weighted by Gasteiger charge is 2.12. The molecule has 0 radical (unpaired) electrons. The largest absolute Gasteiger partial charge is 0.227 e. The lowest BCUT2D eigenvalue weighted by atomic mass is 10.2. The molecule has 0 N–H and O–H groups in total. The minimum Gasteiger partial charge on any atom is -0.227 e. The summed E-state index contributed by atoms with van der Waals surface area (Å²) in [6.07, 6.45) is 4.88. The monoisotopic (exact) mass is 212 g/mol. The fraction of sp³-hybridized carbons (Fsp3) is 0.200. The van der Waals surface area contributed by atoms with E-state index in [-0.39, 0.29) is 17.1 Å². The van der Waals surface area contributed by atoms with Crippen molar-refractivity contribution in [2.45, 2.75) is 5.75 Å². The third kappa shape index (κ3) is 2.86. The van der Waals surface area contributed by atoms with E-state index in [9.17, 15) is 12.8 Å². The van der Waals surface area contributed by atoms with Crippen LogP contribution in [0.4, 0.5) is 4.39 Å². The molecule has 0 aliphatic heterocycles. The van der Waals surface area contributed by atoms with E-state index in [4.69, 9.17) is 6.42 Å². The van der Waals surface area contributed by atoms with Gasteiger partial charge in [-0.2, -0.15) is 0 Å². The number of halogens is 1. The summed E-state index contributed by atoms with van der Waals surface area (Å²) in [5.74, 6) is 0.814. The summed E-state index contributed by atoms with van der Waals surface area (Å²) in [4.78, 5) is 0. The molecule has 0 saturated heterocycles. The molecule has 2 nitrogen and oxygen atoms in total. The molecule has 0 spiro atoms. The van der Waals surface area contributed by atoms with Crippen LogP contribution in [-0.4, -0.2) is 14.2 Å². The highest BCUT2D eigenvalue weighted by molar-refractivity contribution is 7.90. The maximum Gasteiger partial charge on any atom is 0.165 e. The van der Waals surface area contributed by atoms with Gasteiger partial charge in [0.1, 0.15) is 11.6 Å². The second kappa shape index (κ2) is 4.25. The first-order valence-electron chi connectivity index (χ1n) is 3.92. The van der Waals surface area contributed by atoms with Crippen LogP contribution in [0.5, 0.6) is 0 Å². The van der Waals surface area contributed by atoms with E-state index in [2.05, 4.69) is 0 Å². The first-order chi connectivity index (χ1) is 6.55. The molecular weight excluding hydrogens is 203 g/mol. The quantitative estimate of drug-likeness (QED) is 0.709. The molecule has 0 aliphatic carbocycles. The molecule has 74 valence electrons. The van der Waals surface area contributed by atoms with Crippen molar-refractivity contribution in [1.29, 1.82) is 0 Å². The van der Waals surface area contributed by atoms with Gasteiger partial charge in [-0.05, 0) is 6.07 Å². The molecule has 0 aromatic heterocycles. The van der Waals surface area contributed by atoms with E-state index in [0.29, 0.717) is 0 Å². The van der Waals surface area contributed by atoms with Crippen molar-refractivity contribution in [3.8, 4) is 12.3 Å². The van der Waals surface area contributed by atoms with Crippen molar-refractivity contribution in [1.82, 2.24) is 0 Å². The van der Waals surface area contributed by atoms with Gasteiger partial charge < -0.3 is 0 Å². The number of benzene rings is 1. The van der Waals surface area contributed by atoms with Crippen LogP contribution in [0.2, 0.25) is 0 Å². The maximum atomic E-state index is 13.0. The van der Waals surface area contributed by atoms with Gasteiger partial charge >= 0.3 is 0 Å². The Balaban J connectivity index is 2.91. The first kappa shape index (κ1) is 10.7. The van der Waals surface area contributed by atoms with Crippen molar-refractivity contribution < 1.29 is 12.8 Å². The summed E-state index contributed by atoms with van der Waals surface area (Å²) in [6.45, 7) is 0. The minimum atomic E-state index is -3.38. The van der Waals surface area contributed by atoms with Gasteiger partial charge in [-0.3, -0.25) is 0 Å². The third-order valence-electron chi connectivity index (χ3n) is 1.64. The van der Waals surface area contributed by atoms with Crippen molar-refractivity contribution >= 4 is 9.84 Å². The Bertz CT molecular complexity index is 457. The molecule has 0 saturated carbocycles. The molecule has 4 heteroatoms. The van der Waals surface area contributed by atoms with Gasteiger partial charge in [-0.1, -0.05) is 24.1 Å². The second-order valence-corrected chi connectivity index (χ2v) is 4.89. The fourth-order valence-electron chi connectivity index (χ4n) is 1.03. The van der Waals surface area contributed by atoms with E-state index in [1.165, 1.54) is 18.2 Å². The average molecular weight is 212 g/mol. The molecule has 0 bridgehead atoms. The predicted octanol–water partition coefficient (Wildman–Crippen LogP) is 1.37. The van der Waals surface area contributed by atoms with Crippen molar-refractivity contribution in [3.63, 3.8) is 0 Å². The highest BCUT2D eigenvalue weighted by Crippen LogP contribution is 2.10. The molecule has 14 heavy (non-hydrogen) atoms. The average Bonchev–Trinajstić information content (AvgIpc) is 2.08. The van der Waals surface area contributed by atoms with Crippen LogP contribution in [0, 0.1) is 18.2 Å².